The van der Waals surface area contributed by atoms with Gasteiger partial charge in [0.2, 0.25) is 0 Å². The van der Waals surface area contributed by atoms with E-state index in [-0.39, 0.29) is 11.5 Å². The van der Waals surface area contributed by atoms with Crippen molar-refractivity contribution in [1.82, 2.24) is 0 Å². The van der Waals surface area contributed by atoms with E-state index in [9.17, 15) is 5.11 Å². The van der Waals surface area contributed by atoms with Gasteiger partial charge < -0.3 is 15.6 Å². The summed E-state index contributed by atoms with van der Waals surface area (Å²) >= 11 is 0. The van der Waals surface area contributed by atoms with E-state index in [1.165, 1.54) is 0 Å². The van der Waals surface area contributed by atoms with E-state index in [2.05, 4.69) is 6.92 Å². The van der Waals surface area contributed by atoms with Gasteiger partial charge in [0, 0.05) is 12.0 Å². The smallest absolute Gasteiger partial charge is 0.119 e. The van der Waals surface area contributed by atoms with Gasteiger partial charge in [-0.1, -0.05) is 25.5 Å². The fourth-order valence-electron chi connectivity index (χ4n) is 3.33. The van der Waals surface area contributed by atoms with Crippen LogP contribution in [0.15, 0.2) is 24.3 Å². The molecule has 1 aromatic rings. The normalized spacial score (nSPS) is 27.8. The zero-order chi connectivity index (χ0) is 14.8. The van der Waals surface area contributed by atoms with Crippen LogP contribution in [0.1, 0.15) is 51.7 Å². The number of nitrogens with two attached hydrogens (primary N) is 1. The Morgan fingerprint density at radius 2 is 2.00 bits per heavy atom. The SMILES string of the molecule is CC1CCC(CN)(C(O)c2ccc(OC(C)C)cc2)C1. The molecule has 0 spiro atoms. The van der Waals surface area contributed by atoms with Crippen LogP contribution in [0, 0.1) is 11.3 Å². The van der Waals surface area contributed by atoms with Crippen molar-refractivity contribution >= 4 is 0 Å². The van der Waals surface area contributed by atoms with Crippen molar-refractivity contribution < 1.29 is 9.84 Å². The molecule has 20 heavy (non-hydrogen) atoms. The number of aliphatic hydroxyl groups is 1. The predicted octanol–water partition coefficient (Wildman–Crippen LogP) is 3.27. The second kappa shape index (κ2) is 6.15. The second-order valence-corrected chi connectivity index (χ2v) is 6.55. The molecule has 3 heteroatoms. The van der Waals surface area contributed by atoms with Crippen molar-refractivity contribution in [2.24, 2.45) is 17.1 Å². The van der Waals surface area contributed by atoms with Gasteiger partial charge in [-0.3, -0.25) is 0 Å². The quantitative estimate of drug-likeness (QED) is 0.868. The maximum Gasteiger partial charge on any atom is 0.119 e. The number of hydrogen-bond acceptors (Lipinski definition) is 3. The topological polar surface area (TPSA) is 55.5 Å². The third-order valence-corrected chi connectivity index (χ3v) is 4.44. The molecule has 3 nitrogen and oxygen atoms in total. The van der Waals surface area contributed by atoms with Crippen molar-refractivity contribution in [3.63, 3.8) is 0 Å². The number of benzene rings is 1. The standard InChI is InChI=1S/C17H27NO2/c1-12(2)20-15-6-4-14(5-7-15)16(19)17(11-18)9-8-13(3)10-17/h4-7,12-13,16,19H,8-11,18H2,1-3H3. The minimum atomic E-state index is -0.481. The van der Waals surface area contributed by atoms with Crippen molar-refractivity contribution in [2.45, 2.75) is 52.2 Å². The number of hydrogen-bond donors (Lipinski definition) is 2. The second-order valence-electron chi connectivity index (χ2n) is 6.55. The third-order valence-electron chi connectivity index (χ3n) is 4.44. The molecule has 0 aromatic heterocycles. The fraction of sp³-hybridized carbons (Fsp3) is 0.647. The van der Waals surface area contributed by atoms with Gasteiger partial charge in [-0.2, -0.15) is 0 Å². The van der Waals surface area contributed by atoms with E-state index in [1.807, 2.05) is 38.1 Å². The first kappa shape index (κ1) is 15.3. The van der Waals surface area contributed by atoms with Crippen LogP contribution in [0.5, 0.6) is 5.75 Å². The molecule has 0 amide bonds. The molecule has 0 aliphatic heterocycles. The molecule has 2 rings (SSSR count). The highest BCUT2D eigenvalue weighted by atomic mass is 16.5. The Hall–Kier alpha value is -1.06. The van der Waals surface area contributed by atoms with Crippen LogP contribution in [0.25, 0.3) is 0 Å². The Balaban J connectivity index is 2.14. The van der Waals surface area contributed by atoms with Gasteiger partial charge in [0.25, 0.3) is 0 Å². The molecule has 0 bridgehead atoms. The van der Waals surface area contributed by atoms with Crippen LogP contribution in [0.2, 0.25) is 0 Å². The summed E-state index contributed by atoms with van der Waals surface area (Å²) in [7, 11) is 0. The summed E-state index contributed by atoms with van der Waals surface area (Å²) in [5.41, 5.74) is 6.77. The monoisotopic (exact) mass is 277 g/mol. The molecule has 1 fully saturated rings. The van der Waals surface area contributed by atoms with E-state index >= 15 is 0 Å². The van der Waals surface area contributed by atoms with Crippen LogP contribution in [-0.2, 0) is 0 Å². The largest absolute Gasteiger partial charge is 0.491 e. The Morgan fingerprint density at radius 3 is 2.45 bits per heavy atom. The molecule has 1 aromatic carbocycles. The maximum atomic E-state index is 10.7. The number of aliphatic hydroxyl groups excluding tert-OH is 1. The first-order chi connectivity index (χ1) is 9.47. The highest BCUT2D eigenvalue weighted by Crippen LogP contribution is 2.49. The molecule has 0 heterocycles. The first-order valence-corrected chi connectivity index (χ1v) is 7.61. The molecule has 1 aliphatic rings. The van der Waals surface area contributed by atoms with Crippen molar-refractivity contribution in [1.29, 1.82) is 0 Å². The van der Waals surface area contributed by atoms with Crippen LogP contribution >= 0.6 is 0 Å². The summed E-state index contributed by atoms with van der Waals surface area (Å²) < 4.78 is 5.64. The van der Waals surface area contributed by atoms with E-state index < -0.39 is 6.10 Å². The minimum Gasteiger partial charge on any atom is -0.491 e. The Bertz CT molecular complexity index is 429. The molecule has 0 radical (unpaired) electrons. The van der Waals surface area contributed by atoms with Crippen LogP contribution in [0.3, 0.4) is 0 Å². The molecule has 3 atom stereocenters. The van der Waals surface area contributed by atoms with E-state index in [1.54, 1.807) is 0 Å². The van der Waals surface area contributed by atoms with Gasteiger partial charge in [0.15, 0.2) is 0 Å². The van der Waals surface area contributed by atoms with Gasteiger partial charge >= 0.3 is 0 Å². The predicted molar refractivity (Wildman–Crippen MR) is 81.7 cm³/mol. The van der Waals surface area contributed by atoms with E-state index in [0.29, 0.717) is 12.5 Å². The number of ether oxygens (including phenoxy) is 1. The van der Waals surface area contributed by atoms with E-state index in [0.717, 1.165) is 30.6 Å². The fourth-order valence-corrected chi connectivity index (χ4v) is 3.33. The molecular formula is C17H27NO2. The van der Waals surface area contributed by atoms with Crippen molar-refractivity contribution in [3.8, 4) is 5.75 Å². The lowest BCUT2D eigenvalue weighted by atomic mass is 9.77. The van der Waals surface area contributed by atoms with Gasteiger partial charge in [0.1, 0.15) is 5.75 Å². The zero-order valence-corrected chi connectivity index (χ0v) is 12.8. The molecule has 1 aliphatic carbocycles. The molecule has 0 saturated heterocycles. The molecule has 112 valence electrons. The first-order valence-electron chi connectivity index (χ1n) is 7.61. The summed E-state index contributed by atoms with van der Waals surface area (Å²) in [5, 5.41) is 10.7. The van der Waals surface area contributed by atoms with Gasteiger partial charge in [-0.25, -0.2) is 0 Å². The molecular weight excluding hydrogens is 250 g/mol. The summed E-state index contributed by atoms with van der Waals surface area (Å²) in [4.78, 5) is 0. The molecule has 3 N–H and O–H groups in total. The van der Waals surface area contributed by atoms with Gasteiger partial charge in [-0.05, 0) is 50.3 Å². The number of rotatable bonds is 5. The summed E-state index contributed by atoms with van der Waals surface area (Å²) in [6, 6.07) is 7.79. The lowest BCUT2D eigenvalue weighted by Gasteiger charge is -2.33. The summed E-state index contributed by atoms with van der Waals surface area (Å²) in [5.74, 6) is 1.49. The molecule has 3 unspecified atom stereocenters. The molecule has 1 saturated carbocycles. The summed E-state index contributed by atoms with van der Waals surface area (Å²) in [6.07, 6.45) is 2.86. The minimum absolute atomic E-state index is 0.153. The van der Waals surface area contributed by atoms with Gasteiger partial charge in [0.05, 0.1) is 12.2 Å². The Labute approximate surface area is 122 Å². The Kier molecular flexibility index (Phi) is 4.71. The van der Waals surface area contributed by atoms with Crippen molar-refractivity contribution in [2.75, 3.05) is 6.54 Å². The van der Waals surface area contributed by atoms with E-state index in [4.69, 9.17) is 10.5 Å². The average Bonchev–Trinajstić information content (AvgIpc) is 2.81. The average molecular weight is 277 g/mol. The highest BCUT2D eigenvalue weighted by molar-refractivity contribution is 5.30. The van der Waals surface area contributed by atoms with Crippen molar-refractivity contribution in [3.05, 3.63) is 29.8 Å². The maximum absolute atomic E-state index is 10.7. The zero-order valence-electron chi connectivity index (χ0n) is 12.8. The lowest BCUT2D eigenvalue weighted by molar-refractivity contribution is 0.0307. The van der Waals surface area contributed by atoms with Crippen LogP contribution in [-0.4, -0.2) is 17.8 Å². The van der Waals surface area contributed by atoms with Crippen LogP contribution < -0.4 is 10.5 Å². The summed E-state index contributed by atoms with van der Waals surface area (Å²) in [6.45, 7) is 6.80. The Morgan fingerprint density at radius 1 is 1.35 bits per heavy atom. The lowest BCUT2D eigenvalue weighted by Crippen LogP contribution is -2.34. The third kappa shape index (κ3) is 3.15. The van der Waals surface area contributed by atoms with Gasteiger partial charge in [-0.15, -0.1) is 0 Å². The highest BCUT2D eigenvalue weighted by Gasteiger charge is 2.42. The van der Waals surface area contributed by atoms with Crippen LogP contribution in [0.4, 0.5) is 0 Å².